The van der Waals surface area contributed by atoms with Gasteiger partial charge in [0.15, 0.2) is 34.5 Å². The maximum atomic E-state index is 12.1. The van der Waals surface area contributed by atoms with Crippen LogP contribution in [0.4, 0.5) is 17.5 Å². The quantitative estimate of drug-likeness (QED) is 0.0593. The molecule has 0 atom stereocenters. The first-order valence-electron chi connectivity index (χ1n) is 18.3. The molecule has 7 rings (SSSR count). The van der Waals surface area contributed by atoms with Gasteiger partial charge in [-0.05, 0) is 51.6 Å². The number of hydrogen-bond donors (Lipinski definition) is 5. The van der Waals surface area contributed by atoms with E-state index >= 15 is 0 Å². The minimum atomic E-state index is -0.619. The van der Waals surface area contributed by atoms with Crippen molar-refractivity contribution in [1.82, 2.24) is 55.3 Å². The van der Waals surface area contributed by atoms with Crippen LogP contribution in [0.15, 0.2) is 87.6 Å². The minimum Gasteiger partial charge on any atom is -0.495 e. The highest BCUT2D eigenvalue weighted by Crippen LogP contribution is 2.36. The molecule has 0 bridgehead atoms. The van der Waals surface area contributed by atoms with E-state index in [1.807, 2.05) is 16.9 Å². The fourth-order valence-electron chi connectivity index (χ4n) is 5.20. The molecule has 64 heavy (non-hydrogen) atoms. The lowest BCUT2D eigenvalue weighted by Crippen LogP contribution is -2.31. The molecule has 0 aliphatic rings. The molecule has 5 heterocycles. The summed E-state index contributed by atoms with van der Waals surface area (Å²) in [5, 5.41) is 10.0. The number of esters is 1. The van der Waals surface area contributed by atoms with E-state index in [4.69, 9.17) is 32.2 Å². The molecule has 3 amide bonds. The van der Waals surface area contributed by atoms with Gasteiger partial charge in [0.2, 0.25) is 0 Å². The van der Waals surface area contributed by atoms with Crippen LogP contribution in [0.5, 0.6) is 5.75 Å². The number of nitrogens with one attached hydrogen (secondary N) is 1. The number of amides is 3. The Morgan fingerprint density at radius 3 is 1.73 bits per heavy atom. The molecule has 0 aliphatic heterocycles. The highest BCUT2D eigenvalue weighted by atomic mass is 79.9. The van der Waals surface area contributed by atoms with E-state index in [1.165, 1.54) is 40.6 Å². The van der Waals surface area contributed by atoms with Gasteiger partial charge in [0, 0.05) is 50.4 Å². The zero-order valence-corrected chi connectivity index (χ0v) is 37.3. The Bertz CT molecular complexity index is 2780. The first-order chi connectivity index (χ1) is 30.6. The van der Waals surface area contributed by atoms with Crippen LogP contribution in [0.2, 0.25) is 0 Å². The van der Waals surface area contributed by atoms with Gasteiger partial charge in [-0.25, -0.2) is 40.5 Å². The van der Waals surface area contributed by atoms with Gasteiger partial charge in [-0.1, -0.05) is 24.3 Å². The number of methoxy groups -OCH3 is 2. The highest BCUT2D eigenvalue weighted by Gasteiger charge is 2.20. The molecule has 0 unspecified atom stereocenters. The number of rotatable bonds is 9. The predicted octanol–water partition coefficient (Wildman–Crippen LogP) is 3.85. The molecule has 0 aliphatic carbocycles. The Balaban J connectivity index is 0.000000198. The van der Waals surface area contributed by atoms with Crippen molar-refractivity contribution in [1.29, 1.82) is 0 Å². The number of ether oxygens (including phenoxy) is 2. The summed E-state index contributed by atoms with van der Waals surface area (Å²) >= 11 is 4.48. The Morgan fingerprint density at radius 2 is 1.20 bits per heavy atom. The van der Waals surface area contributed by atoms with Crippen molar-refractivity contribution in [3.63, 3.8) is 0 Å². The summed E-state index contributed by atoms with van der Waals surface area (Å²) in [6.07, 6.45) is 4.41. The third-order valence-electron chi connectivity index (χ3n) is 8.44. The molecule has 0 saturated carbocycles. The maximum absolute atomic E-state index is 12.1. The number of thiophene rings is 1. The molecular formula is C40H40BrN15O7S. The highest BCUT2D eigenvalue weighted by molar-refractivity contribution is 9.10. The molecule has 2 aromatic carbocycles. The first kappa shape index (κ1) is 47.1. The van der Waals surface area contributed by atoms with Crippen molar-refractivity contribution in [2.75, 3.05) is 59.6 Å². The number of nitrogens with zero attached hydrogens (tertiary/aromatic N) is 10. The number of nitrogens with two attached hydrogens (primary N) is 4. The molecule has 0 saturated heterocycles. The van der Waals surface area contributed by atoms with Crippen LogP contribution in [0.25, 0.3) is 44.9 Å². The summed E-state index contributed by atoms with van der Waals surface area (Å²) in [6.45, 7) is 0. The lowest BCUT2D eigenvalue weighted by atomic mass is 10.1. The molecular weight excluding hydrogens is 915 g/mol. The van der Waals surface area contributed by atoms with E-state index in [1.54, 1.807) is 90.0 Å². The summed E-state index contributed by atoms with van der Waals surface area (Å²) in [6, 6.07) is 15.7. The van der Waals surface area contributed by atoms with E-state index in [-0.39, 0.29) is 52.2 Å². The van der Waals surface area contributed by atoms with E-state index in [9.17, 15) is 19.2 Å². The molecule has 7 aromatic rings. The minimum absolute atomic E-state index is 0.00824. The summed E-state index contributed by atoms with van der Waals surface area (Å²) in [4.78, 5) is 74.5. The Hall–Kier alpha value is -7.96. The largest absolute Gasteiger partial charge is 0.495 e. The van der Waals surface area contributed by atoms with Gasteiger partial charge < -0.3 is 40.9 Å². The van der Waals surface area contributed by atoms with Gasteiger partial charge in [-0.3, -0.25) is 19.8 Å². The zero-order chi connectivity index (χ0) is 46.7. The molecule has 24 heteroatoms. The van der Waals surface area contributed by atoms with Crippen molar-refractivity contribution < 1.29 is 33.1 Å². The number of hydrogen-bond acceptors (Lipinski definition) is 20. The van der Waals surface area contributed by atoms with E-state index < -0.39 is 11.9 Å². The molecule has 9 N–H and O–H groups in total. The van der Waals surface area contributed by atoms with Gasteiger partial charge in [0.25, 0.3) is 29.5 Å². The maximum Gasteiger partial charge on any atom is 0.360 e. The van der Waals surface area contributed by atoms with E-state index in [0.717, 1.165) is 10.4 Å². The third kappa shape index (κ3) is 11.3. The van der Waals surface area contributed by atoms with Gasteiger partial charge >= 0.3 is 5.97 Å². The van der Waals surface area contributed by atoms with Crippen molar-refractivity contribution in [3.8, 4) is 50.6 Å². The second-order valence-corrected chi connectivity index (χ2v) is 14.9. The van der Waals surface area contributed by atoms with Crippen LogP contribution in [0, 0.1) is 0 Å². The van der Waals surface area contributed by atoms with Crippen LogP contribution < -0.4 is 33.2 Å². The number of anilines is 3. The molecule has 330 valence electrons. The standard InChI is InChI=1S/C20H18N6O3S.C14H16N6O2.C6H6BrN3O2/c1-26(2)20(27)12-6-4-11(5-7-12)13-10-22-17(21)15(23-13)18-24-25-19(29-18)16-14(28-3)8-9-30-16;1-20(2)14(22)9-5-3-8(4-6-9)10-7-17-12(15)11(18-10)13(21)19-16;1-12-6(11)4-5(8)9-2-3(7)10-4/h4-10H,1-3H3,(H2,21,22);3-7H,16H2,1-2H3,(H2,15,17)(H,19,21);2H,1H3,(H2,8,9). The lowest BCUT2D eigenvalue weighted by Gasteiger charge is -2.10. The number of carbonyl (C=O) groups is 4. The molecule has 0 spiro atoms. The van der Waals surface area contributed by atoms with Crippen LogP contribution in [0.3, 0.4) is 0 Å². The molecule has 5 aromatic heterocycles. The topological polar surface area (TPSA) is 326 Å². The zero-order valence-electron chi connectivity index (χ0n) is 34.9. The monoisotopic (exact) mass is 953 g/mol. The number of hydrazine groups is 1. The van der Waals surface area contributed by atoms with Crippen molar-refractivity contribution >= 4 is 68.4 Å². The average Bonchev–Trinajstić information content (AvgIpc) is 4.00. The number of carbonyl (C=O) groups excluding carboxylic acids is 4. The van der Waals surface area contributed by atoms with Gasteiger partial charge in [0.1, 0.15) is 15.2 Å². The second-order valence-electron chi connectivity index (χ2n) is 13.2. The fraction of sp³-hybridized carbons (Fsp3) is 0.150. The average molecular weight is 955 g/mol. The first-order valence-corrected chi connectivity index (χ1v) is 20.0. The van der Waals surface area contributed by atoms with E-state index in [2.05, 4.69) is 60.8 Å². The Kier molecular flexibility index (Phi) is 15.6. The summed E-state index contributed by atoms with van der Waals surface area (Å²) in [5.41, 5.74) is 22.8. The number of aromatic nitrogens is 8. The molecule has 0 fully saturated rings. The lowest BCUT2D eigenvalue weighted by molar-refractivity contribution is 0.0594. The Labute approximate surface area is 377 Å². The van der Waals surface area contributed by atoms with Crippen LogP contribution in [-0.2, 0) is 4.74 Å². The summed E-state index contributed by atoms with van der Waals surface area (Å²) in [5.74, 6) is 5.04. The van der Waals surface area contributed by atoms with Crippen molar-refractivity contribution in [2.45, 2.75) is 0 Å². The van der Waals surface area contributed by atoms with Crippen molar-refractivity contribution in [3.05, 3.63) is 106 Å². The summed E-state index contributed by atoms with van der Waals surface area (Å²) < 4.78 is 16.0. The smallest absolute Gasteiger partial charge is 0.360 e. The fourth-order valence-corrected chi connectivity index (χ4v) is 6.26. The number of nitrogen functional groups attached to an aromatic ring is 4. The predicted molar refractivity (Wildman–Crippen MR) is 240 cm³/mol. The van der Waals surface area contributed by atoms with Crippen LogP contribution in [-0.4, -0.2) is 116 Å². The Morgan fingerprint density at radius 1 is 0.688 bits per heavy atom. The van der Waals surface area contributed by atoms with E-state index in [0.29, 0.717) is 44.3 Å². The molecule has 22 nitrogen and oxygen atoms in total. The molecule has 0 radical (unpaired) electrons. The summed E-state index contributed by atoms with van der Waals surface area (Å²) in [7, 11) is 9.60. The van der Waals surface area contributed by atoms with Gasteiger partial charge in [0.05, 0.1) is 44.2 Å². The third-order valence-corrected chi connectivity index (χ3v) is 9.70. The van der Waals surface area contributed by atoms with Crippen LogP contribution >= 0.6 is 27.3 Å². The van der Waals surface area contributed by atoms with Gasteiger partial charge in [-0.15, -0.1) is 21.5 Å². The SMILES string of the molecule is CN(C)C(=O)c1ccc(-c2cnc(N)c(C(=O)NN)n2)cc1.COC(=O)c1nc(Br)cnc1N.COc1ccsc1-c1nnc(-c2nc(-c3ccc(C(=O)N(C)C)cc3)cnc2N)o1. The van der Waals surface area contributed by atoms with Crippen molar-refractivity contribution in [2.24, 2.45) is 5.84 Å². The normalized spacial score (nSPS) is 10.3. The van der Waals surface area contributed by atoms with Crippen LogP contribution in [0.1, 0.15) is 41.7 Å². The number of benzene rings is 2. The van der Waals surface area contributed by atoms with Gasteiger partial charge in [-0.2, -0.15) is 0 Å². The second kappa shape index (κ2) is 21.2. The number of halogens is 1.